The highest BCUT2D eigenvalue weighted by Crippen LogP contribution is 2.46. The Balaban J connectivity index is 2.66. The van der Waals surface area contributed by atoms with E-state index in [1.807, 2.05) is 13.8 Å². The molecule has 84 valence electrons. The highest BCUT2D eigenvalue weighted by atomic mass is 16.3. The zero-order chi connectivity index (χ0) is 10.8. The monoisotopic (exact) mass is 199 g/mol. The standard InChI is InChI=1S/C12H25NO/c1-4-10-5-7-12(9-13,8-6-10)11(2,3)14/h10,14H,4-9,13H2,1-3H3. The van der Waals surface area contributed by atoms with Crippen molar-refractivity contribution >= 4 is 0 Å². The Morgan fingerprint density at radius 2 is 1.86 bits per heavy atom. The molecule has 1 aliphatic rings. The molecule has 2 heteroatoms. The fourth-order valence-electron chi connectivity index (χ4n) is 2.70. The fraction of sp³-hybridized carbons (Fsp3) is 1.00. The zero-order valence-corrected chi connectivity index (χ0v) is 9.84. The Kier molecular flexibility index (Phi) is 3.59. The maximum Gasteiger partial charge on any atom is 0.0659 e. The van der Waals surface area contributed by atoms with E-state index in [1.54, 1.807) is 0 Å². The van der Waals surface area contributed by atoms with Crippen molar-refractivity contribution in [3.63, 3.8) is 0 Å². The summed E-state index contributed by atoms with van der Waals surface area (Å²) in [5.41, 5.74) is 5.20. The normalized spacial score (nSPS) is 34.5. The smallest absolute Gasteiger partial charge is 0.0659 e. The van der Waals surface area contributed by atoms with Gasteiger partial charge in [0.15, 0.2) is 0 Å². The van der Waals surface area contributed by atoms with Crippen LogP contribution in [0.1, 0.15) is 52.9 Å². The summed E-state index contributed by atoms with van der Waals surface area (Å²) in [6, 6.07) is 0. The van der Waals surface area contributed by atoms with Crippen LogP contribution in [0.5, 0.6) is 0 Å². The summed E-state index contributed by atoms with van der Waals surface area (Å²) < 4.78 is 0. The first kappa shape index (κ1) is 12.0. The molecule has 0 unspecified atom stereocenters. The second kappa shape index (κ2) is 4.19. The van der Waals surface area contributed by atoms with Crippen LogP contribution in [-0.4, -0.2) is 17.3 Å². The van der Waals surface area contributed by atoms with Gasteiger partial charge in [-0.3, -0.25) is 0 Å². The van der Waals surface area contributed by atoms with E-state index in [1.165, 1.54) is 19.3 Å². The van der Waals surface area contributed by atoms with Gasteiger partial charge in [-0.2, -0.15) is 0 Å². The van der Waals surface area contributed by atoms with Gasteiger partial charge < -0.3 is 10.8 Å². The molecule has 0 radical (unpaired) electrons. The molecule has 1 fully saturated rings. The van der Waals surface area contributed by atoms with E-state index < -0.39 is 5.60 Å². The van der Waals surface area contributed by atoms with Gasteiger partial charge in [0.25, 0.3) is 0 Å². The maximum absolute atomic E-state index is 10.2. The molecule has 0 atom stereocenters. The molecule has 1 rings (SSSR count). The van der Waals surface area contributed by atoms with E-state index in [0.29, 0.717) is 6.54 Å². The van der Waals surface area contributed by atoms with Crippen molar-refractivity contribution in [2.45, 2.75) is 58.5 Å². The lowest BCUT2D eigenvalue weighted by molar-refractivity contribution is -0.0780. The van der Waals surface area contributed by atoms with Gasteiger partial charge in [0.1, 0.15) is 0 Å². The number of aliphatic hydroxyl groups is 1. The number of nitrogens with two attached hydrogens (primary N) is 1. The van der Waals surface area contributed by atoms with Crippen LogP contribution in [0.25, 0.3) is 0 Å². The van der Waals surface area contributed by atoms with Crippen LogP contribution in [-0.2, 0) is 0 Å². The molecule has 2 nitrogen and oxygen atoms in total. The van der Waals surface area contributed by atoms with Crippen LogP contribution in [0.15, 0.2) is 0 Å². The Morgan fingerprint density at radius 1 is 1.36 bits per heavy atom. The fourth-order valence-corrected chi connectivity index (χ4v) is 2.70. The van der Waals surface area contributed by atoms with Crippen LogP contribution in [0, 0.1) is 11.3 Å². The van der Waals surface area contributed by atoms with Crippen LogP contribution < -0.4 is 5.73 Å². The number of rotatable bonds is 3. The molecule has 0 aromatic carbocycles. The second-order valence-corrected chi connectivity index (χ2v) is 5.40. The summed E-state index contributed by atoms with van der Waals surface area (Å²) in [7, 11) is 0. The van der Waals surface area contributed by atoms with Gasteiger partial charge >= 0.3 is 0 Å². The third kappa shape index (κ3) is 2.12. The van der Waals surface area contributed by atoms with E-state index in [0.717, 1.165) is 18.8 Å². The molecule has 1 aliphatic carbocycles. The summed E-state index contributed by atoms with van der Waals surface area (Å²) in [6.07, 6.45) is 5.92. The lowest BCUT2D eigenvalue weighted by Gasteiger charge is -2.47. The molecule has 0 aromatic rings. The minimum absolute atomic E-state index is 0.0291. The Morgan fingerprint density at radius 3 is 2.14 bits per heavy atom. The van der Waals surface area contributed by atoms with E-state index in [4.69, 9.17) is 5.73 Å². The summed E-state index contributed by atoms with van der Waals surface area (Å²) in [4.78, 5) is 0. The van der Waals surface area contributed by atoms with E-state index >= 15 is 0 Å². The van der Waals surface area contributed by atoms with Crippen molar-refractivity contribution in [2.24, 2.45) is 17.1 Å². The van der Waals surface area contributed by atoms with Crippen molar-refractivity contribution in [1.29, 1.82) is 0 Å². The van der Waals surface area contributed by atoms with Gasteiger partial charge in [0.2, 0.25) is 0 Å². The first-order valence-corrected chi connectivity index (χ1v) is 5.87. The Hall–Kier alpha value is -0.0800. The molecule has 0 amide bonds. The average Bonchev–Trinajstić information content (AvgIpc) is 2.16. The van der Waals surface area contributed by atoms with E-state index in [9.17, 15) is 5.11 Å². The van der Waals surface area contributed by atoms with Gasteiger partial charge in [-0.25, -0.2) is 0 Å². The minimum atomic E-state index is -0.625. The molecule has 0 saturated heterocycles. The van der Waals surface area contributed by atoms with Gasteiger partial charge in [0, 0.05) is 12.0 Å². The van der Waals surface area contributed by atoms with Crippen LogP contribution in [0.2, 0.25) is 0 Å². The number of hydrogen-bond acceptors (Lipinski definition) is 2. The predicted octanol–water partition coefficient (Wildman–Crippen LogP) is 2.30. The lowest BCUT2D eigenvalue weighted by Crippen LogP contribution is -2.50. The second-order valence-electron chi connectivity index (χ2n) is 5.40. The third-order valence-corrected chi connectivity index (χ3v) is 4.33. The minimum Gasteiger partial charge on any atom is -0.390 e. The van der Waals surface area contributed by atoms with Crippen molar-refractivity contribution in [3.05, 3.63) is 0 Å². The summed E-state index contributed by atoms with van der Waals surface area (Å²) in [5, 5.41) is 10.2. The van der Waals surface area contributed by atoms with Crippen LogP contribution in [0.4, 0.5) is 0 Å². The highest BCUT2D eigenvalue weighted by Gasteiger charge is 2.44. The first-order valence-electron chi connectivity index (χ1n) is 5.87. The molecule has 0 heterocycles. The molecule has 14 heavy (non-hydrogen) atoms. The predicted molar refractivity (Wildman–Crippen MR) is 60.0 cm³/mol. The van der Waals surface area contributed by atoms with Crippen molar-refractivity contribution in [1.82, 2.24) is 0 Å². The van der Waals surface area contributed by atoms with Gasteiger partial charge in [-0.05, 0) is 45.4 Å². The molecular formula is C12H25NO. The van der Waals surface area contributed by atoms with E-state index in [2.05, 4.69) is 6.92 Å². The van der Waals surface area contributed by atoms with Crippen LogP contribution >= 0.6 is 0 Å². The van der Waals surface area contributed by atoms with Gasteiger partial charge in [-0.15, -0.1) is 0 Å². The molecule has 0 bridgehead atoms. The summed E-state index contributed by atoms with van der Waals surface area (Å²) in [6.45, 7) is 6.69. The van der Waals surface area contributed by atoms with Crippen molar-refractivity contribution in [3.8, 4) is 0 Å². The molecule has 0 spiro atoms. The molecule has 0 aromatic heterocycles. The molecule has 0 aliphatic heterocycles. The first-order chi connectivity index (χ1) is 6.45. The third-order valence-electron chi connectivity index (χ3n) is 4.33. The largest absolute Gasteiger partial charge is 0.390 e. The maximum atomic E-state index is 10.2. The average molecular weight is 199 g/mol. The zero-order valence-electron chi connectivity index (χ0n) is 9.84. The van der Waals surface area contributed by atoms with Gasteiger partial charge in [-0.1, -0.05) is 13.3 Å². The SMILES string of the molecule is CCC1CCC(CN)(C(C)(C)O)CC1. The van der Waals surface area contributed by atoms with Crippen LogP contribution in [0.3, 0.4) is 0 Å². The van der Waals surface area contributed by atoms with Crippen molar-refractivity contribution in [2.75, 3.05) is 6.54 Å². The summed E-state index contributed by atoms with van der Waals surface area (Å²) >= 11 is 0. The highest BCUT2D eigenvalue weighted by molar-refractivity contribution is 4.97. The Bertz CT molecular complexity index is 175. The topological polar surface area (TPSA) is 46.2 Å². The van der Waals surface area contributed by atoms with Crippen molar-refractivity contribution < 1.29 is 5.11 Å². The quantitative estimate of drug-likeness (QED) is 0.732. The summed E-state index contributed by atoms with van der Waals surface area (Å²) in [5.74, 6) is 0.858. The molecule has 1 saturated carbocycles. The molecule has 3 N–H and O–H groups in total. The molecular weight excluding hydrogens is 174 g/mol. The van der Waals surface area contributed by atoms with Gasteiger partial charge in [0.05, 0.1) is 5.60 Å². The Labute approximate surface area is 87.9 Å². The van der Waals surface area contributed by atoms with E-state index in [-0.39, 0.29) is 5.41 Å². The number of hydrogen-bond donors (Lipinski definition) is 2. The lowest BCUT2D eigenvalue weighted by atomic mass is 9.62.